The van der Waals surface area contributed by atoms with Crippen LogP contribution in [0.15, 0.2) is 28.4 Å². The minimum Gasteiger partial charge on any atom is -0.496 e. The average Bonchev–Trinajstić information content (AvgIpc) is 3.17. The fourth-order valence-electron chi connectivity index (χ4n) is 3.42. The molecule has 0 fully saturated rings. The first-order chi connectivity index (χ1) is 14.5. The summed E-state index contributed by atoms with van der Waals surface area (Å²) in [7, 11) is 4.62. The Hall–Kier alpha value is -2.71. The van der Waals surface area contributed by atoms with Crippen molar-refractivity contribution in [2.24, 2.45) is 0 Å². The molecule has 160 valence electrons. The molecular weight excluding hydrogens is 404 g/mol. The van der Waals surface area contributed by atoms with Gasteiger partial charge in [-0.2, -0.15) is 0 Å². The maximum Gasteiger partial charge on any atom is 0.305 e. The normalized spacial score (nSPS) is 11.1. The van der Waals surface area contributed by atoms with Crippen molar-refractivity contribution in [3.05, 3.63) is 45.3 Å². The number of aryl methyl sites for hydroxylation is 1. The molecule has 2 aromatic heterocycles. The predicted molar refractivity (Wildman–Crippen MR) is 117 cm³/mol. The molecule has 0 bridgehead atoms. The third-order valence-corrected chi connectivity index (χ3v) is 5.87. The Morgan fingerprint density at radius 2 is 2.03 bits per heavy atom. The lowest BCUT2D eigenvalue weighted by Gasteiger charge is -2.13. The van der Waals surface area contributed by atoms with E-state index in [1.54, 1.807) is 18.8 Å². The van der Waals surface area contributed by atoms with Crippen molar-refractivity contribution < 1.29 is 19.0 Å². The first kappa shape index (κ1) is 22.0. The Morgan fingerprint density at radius 3 is 2.70 bits per heavy atom. The van der Waals surface area contributed by atoms with Crippen molar-refractivity contribution in [1.29, 1.82) is 0 Å². The van der Waals surface area contributed by atoms with Crippen molar-refractivity contribution in [2.45, 2.75) is 32.7 Å². The summed E-state index contributed by atoms with van der Waals surface area (Å²) in [4.78, 5) is 30.4. The van der Waals surface area contributed by atoms with Gasteiger partial charge >= 0.3 is 5.97 Å². The lowest BCUT2D eigenvalue weighted by Crippen LogP contribution is -2.26. The van der Waals surface area contributed by atoms with E-state index in [9.17, 15) is 9.59 Å². The minimum atomic E-state index is -0.291. The fourth-order valence-corrected chi connectivity index (χ4v) is 4.38. The van der Waals surface area contributed by atoms with Gasteiger partial charge in [0.2, 0.25) is 0 Å². The predicted octanol–water partition coefficient (Wildman–Crippen LogP) is 3.58. The van der Waals surface area contributed by atoms with Gasteiger partial charge in [-0.15, -0.1) is 11.3 Å². The van der Waals surface area contributed by atoms with Gasteiger partial charge in [0.05, 0.1) is 26.2 Å². The topological polar surface area (TPSA) is 79.7 Å². The molecule has 3 aromatic rings. The van der Waals surface area contributed by atoms with Crippen LogP contribution < -0.4 is 10.3 Å². The smallest absolute Gasteiger partial charge is 0.305 e. The highest BCUT2D eigenvalue weighted by molar-refractivity contribution is 7.17. The van der Waals surface area contributed by atoms with Gasteiger partial charge < -0.3 is 14.2 Å². The molecule has 0 N–H and O–H groups in total. The van der Waals surface area contributed by atoms with Crippen LogP contribution in [0, 0.1) is 6.92 Å². The maximum absolute atomic E-state index is 13.5. The van der Waals surface area contributed by atoms with E-state index < -0.39 is 0 Å². The second-order valence-electron chi connectivity index (χ2n) is 6.92. The van der Waals surface area contributed by atoms with E-state index in [1.807, 2.05) is 30.5 Å². The van der Waals surface area contributed by atoms with E-state index in [0.717, 1.165) is 22.4 Å². The van der Waals surface area contributed by atoms with E-state index >= 15 is 0 Å². The third kappa shape index (κ3) is 4.55. The summed E-state index contributed by atoms with van der Waals surface area (Å²) in [6, 6.07) is 5.87. The van der Waals surface area contributed by atoms with Crippen LogP contribution in [-0.4, -0.2) is 43.5 Å². The molecule has 0 atom stereocenters. The molecule has 7 nitrogen and oxygen atoms in total. The van der Waals surface area contributed by atoms with Gasteiger partial charge in [0.25, 0.3) is 5.56 Å². The quantitative estimate of drug-likeness (QED) is 0.483. The number of benzene rings is 1. The summed E-state index contributed by atoms with van der Waals surface area (Å²) >= 11 is 1.46. The zero-order valence-corrected chi connectivity index (χ0v) is 18.5. The Labute approximate surface area is 179 Å². The van der Waals surface area contributed by atoms with Gasteiger partial charge in [-0.3, -0.25) is 14.2 Å². The van der Waals surface area contributed by atoms with Gasteiger partial charge in [-0.05, 0) is 36.6 Å². The largest absolute Gasteiger partial charge is 0.496 e. The number of carbonyl (C=O) groups is 1. The number of methoxy groups -OCH3 is 3. The van der Waals surface area contributed by atoms with Gasteiger partial charge in [-0.1, -0.05) is 6.07 Å². The molecule has 0 spiro atoms. The molecule has 0 amide bonds. The molecule has 1 aromatic carbocycles. The monoisotopic (exact) mass is 430 g/mol. The Kier molecular flexibility index (Phi) is 7.23. The third-order valence-electron chi connectivity index (χ3n) is 5.00. The van der Waals surface area contributed by atoms with Gasteiger partial charge in [0.15, 0.2) is 0 Å². The van der Waals surface area contributed by atoms with Crippen LogP contribution >= 0.6 is 11.3 Å². The average molecular weight is 431 g/mol. The van der Waals surface area contributed by atoms with E-state index in [0.29, 0.717) is 42.0 Å². The molecule has 0 unspecified atom stereocenters. The Bertz CT molecular complexity index is 1100. The number of thiophene rings is 1. The summed E-state index contributed by atoms with van der Waals surface area (Å²) in [5.74, 6) is 1.18. The second-order valence-corrected chi connectivity index (χ2v) is 7.78. The first-order valence-corrected chi connectivity index (χ1v) is 10.6. The summed E-state index contributed by atoms with van der Waals surface area (Å²) < 4.78 is 16.9. The van der Waals surface area contributed by atoms with Crippen molar-refractivity contribution >= 4 is 27.5 Å². The summed E-state index contributed by atoms with van der Waals surface area (Å²) in [5.41, 5.74) is 2.71. The SMILES string of the molecule is COCCc1nc2scc(-c3ccc(OC)c(C)c3)c2c(=O)n1CCCC(=O)OC. The highest BCUT2D eigenvalue weighted by Crippen LogP contribution is 2.33. The van der Waals surface area contributed by atoms with Crippen molar-refractivity contribution in [2.75, 3.05) is 27.9 Å². The molecule has 2 heterocycles. The molecular formula is C22H26N2O5S. The van der Waals surface area contributed by atoms with Gasteiger partial charge in [0.1, 0.15) is 16.4 Å². The second kappa shape index (κ2) is 9.86. The minimum absolute atomic E-state index is 0.0966. The molecule has 0 aliphatic carbocycles. The number of hydrogen-bond acceptors (Lipinski definition) is 7. The number of ether oxygens (including phenoxy) is 3. The summed E-state index contributed by atoms with van der Waals surface area (Å²) in [6.45, 7) is 2.83. The number of carbonyl (C=O) groups excluding carboxylic acids is 1. The standard InChI is InChI=1S/C22H26N2O5S/c1-14-12-15(7-8-17(14)28-3)16-13-30-21-20(16)22(26)24(10-5-6-19(25)29-4)18(23-21)9-11-27-2/h7-8,12-13H,5-6,9-11H2,1-4H3. The molecule has 0 radical (unpaired) electrons. The summed E-state index contributed by atoms with van der Waals surface area (Å²) in [5, 5.41) is 2.57. The van der Waals surface area contributed by atoms with Crippen LogP contribution in [0.4, 0.5) is 0 Å². The summed E-state index contributed by atoms with van der Waals surface area (Å²) in [6.07, 6.45) is 1.27. The number of fused-ring (bicyclic) bond motifs is 1. The first-order valence-electron chi connectivity index (χ1n) is 9.71. The van der Waals surface area contributed by atoms with E-state index in [4.69, 9.17) is 19.2 Å². The number of nitrogens with zero attached hydrogens (tertiary/aromatic N) is 2. The zero-order valence-electron chi connectivity index (χ0n) is 17.7. The Balaban J connectivity index is 2.07. The number of aromatic nitrogens is 2. The highest BCUT2D eigenvalue weighted by Gasteiger charge is 2.18. The Morgan fingerprint density at radius 1 is 1.23 bits per heavy atom. The van der Waals surface area contributed by atoms with Crippen molar-refractivity contribution in [1.82, 2.24) is 9.55 Å². The molecule has 0 saturated carbocycles. The number of hydrogen-bond donors (Lipinski definition) is 0. The van der Waals surface area contributed by atoms with E-state index in [-0.39, 0.29) is 17.9 Å². The number of esters is 1. The number of rotatable bonds is 9. The molecule has 0 aliphatic heterocycles. The molecule has 30 heavy (non-hydrogen) atoms. The van der Waals surface area contributed by atoms with Crippen LogP contribution in [0.2, 0.25) is 0 Å². The maximum atomic E-state index is 13.5. The van der Waals surface area contributed by atoms with E-state index in [1.165, 1.54) is 18.4 Å². The van der Waals surface area contributed by atoms with Crippen molar-refractivity contribution in [3.8, 4) is 16.9 Å². The molecule has 3 rings (SSSR count). The molecule has 0 saturated heterocycles. The van der Waals surface area contributed by atoms with Crippen LogP contribution in [-0.2, 0) is 27.2 Å². The lowest BCUT2D eigenvalue weighted by atomic mass is 10.0. The lowest BCUT2D eigenvalue weighted by molar-refractivity contribution is -0.140. The fraction of sp³-hybridized carbons (Fsp3) is 0.409. The van der Waals surface area contributed by atoms with Crippen LogP contribution in [0.25, 0.3) is 21.3 Å². The highest BCUT2D eigenvalue weighted by atomic mass is 32.1. The molecule has 8 heteroatoms. The van der Waals surface area contributed by atoms with E-state index in [2.05, 4.69) is 0 Å². The van der Waals surface area contributed by atoms with Gasteiger partial charge in [0, 0.05) is 37.4 Å². The zero-order chi connectivity index (χ0) is 21.7. The van der Waals surface area contributed by atoms with Crippen LogP contribution in [0.1, 0.15) is 24.2 Å². The van der Waals surface area contributed by atoms with Gasteiger partial charge in [-0.25, -0.2) is 4.98 Å². The van der Waals surface area contributed by atoms with Crippen molar-refractivity contribution in [3.63, 3.8) is 0 Å². The van der Waals surface area contributed by atoms with Crippen LogP contribution in [0.3, 0.4) is 0 Å². The van der Waals surface area contributed by atoms with Crippen LogP contribution in [0.5, 0.6) is 5.75 Å². The molecule has 0 aliphatic rings.